The van der Waals surface area contributed by atoms with Crippen LogP contribution in [0.15, 0.2) is 62.4 Å². The van der Waals surface area contributed by atoms with Gasteiger partial charge in [0.05, 0.1) is 30.8 Å². The van der Waals surface area contributed by atoms with E-state index in [1.807, 2.05) is 18.2 Å². The van der Waals surface area contributed by atoms with Gasteiger partial charge in [0.2, 0.25) is 17.5 Å². The molecule has 178 valence electrons. The second kappa shape index (κ2) is 8.75. The molecule has 4 N–H and O–H groups in total. The van der Waals surface area contributed by atoms with E-state index >= 15 is 0 Å². The number of ether oxygens (including phenoxy) is 3. The molecule has 0 saturated carbocycles. The van der Waals surface area contributed by atoms with Crippen LogP contribution in [0.1, 0.15) is 0 Å². The molecule has 10 heteroatoms. The van der Waals surface area contributed by atoms with E-state index in [9.17, 15) is 25.2 Å². The van der Waals surface area contributed by atoms with Crippen molar-refractivity contribution in [2.75, 3.05) is 13.7 Å². The van der Waals surface area contributed by atoms with Crippen LogP contribution in [0, 0.1) is 0 Å². The molecule has 0 aliphatic carbocycles. The lowest BCUT2D eigenvalue weighted by Crippen LogP contribution is -2.60. The number of rotatable bonds is 5. The average molecular weight is 470 g/mol. The Kier molecular flexibility index (Phi) is 5.76. The van der Waals surface area contributed by atoms with Crippen molar-refractivity contribution >= 4 is 21.9 Å². The summed E-state index contributed by atoms with van der Waals surface area (Å²) >= 11 is 0. The van der Waals surface area contributed by atoms with E-state index < -0.39 is 42.7 Å². The number of methoxy groups -OCH3 is 1. The van der Waals surface area contributed by atoms with Gasteiger partial charge in [-0.15, -0.1) is 0 Å². The maximum absolute atomic E-state index is 13.4. The quantitative estimate of drug-likeness (QED) is 0.337. The van der Waals surface area contributed by atoms with Crippen molar-refractivity contribution in [1.29, 1.82) is 0 Å². The first-order valence-corrected chi connectivity index (χ1v) is 10.5. The molecular formula is C24H22O10. The number of hydrogen-bond donors (Lipinski definition) is 4. The molecule has 10 nitrogen and oxygen atoms in total. The predicted octanol–water partition coefficient (Wildman–Crippen LogP) is 1.39. The van der Waals surface area contributed by atoms with Crippen molar-refractivity contribution in [3.8, 4) is 22.8 Å². The summed E-state index contributed by atoms with van der Waals surface area (Å²) in [5, 5.41) is 40.4. The Morgan fingerprint density at radius 1 is 0.971 bits per heavy atom. The van der Waals surface area contributed by atoms with Gasteiger partial charge in [-0.3, -0.25) is 4.79 Å². The van der Waals surface area contributed by atoms with Gasteiger partial charge < -0.3 is 43.5 Å². The molecule has 0 unspecified atom stereocenters. The van der Waals surface area contributed by atoms with Crippen molar-refractivity contribution in [1.82, 2.24) is 0 Å². The molecule has 3 heterocycles. The molecule has 1 fully saturated rings. The molecule has 0 amide bonds. The Morgan fingerprint density at radius 3 is 2.44 bits per heavy atom. The Morgan fingerprint density at radius 2 is 1.74 bits per heavy atom. The summed E-state index contributed by atoms with van der Waals surface area (Å²) in [6.07, 6.45) is -6.02. The fraction of sp³-hybridized carbons (Fsp3) is 0.292. The first-order chi connectivity index (χ1) is 16.4. The van der Waals surface area contributed by atoms with E-state index in [4.69, 9.17) is 23.0 Å². The van der Waals surface area contributed by atoms with E-state index in [-0.39, 0.29) is 33.8 Å². The monoisotopic (exact) mass is 470 g/mol. The van der Waals surface area contributed by atoms with Gasteiger partial charge in [0, 0.05) is 5.56 Å². The van der Waals surface area contributed by atoms with Gasteiger partial charge in [0.25, 0.3) is 0 Å². The number of aliphatic hydroxyl groups is 4. The Bertz CT molecular complexity index is 1370. The molecule has 0 radical (unpaired) electrons. The summed E-state index contributed by atoms with van der Waals surface area (Å²) in [7, 11) is 1.37. The molecule has 1 aliphatic heterocycles. The Labute approximate surface area is 192 Å². The molecule has 34 heavy (non-hydrogen) atoms. The van der Waals surface area contributed by atoms with Gasteiger partial charge in [-0.05, 0) is 12.1 Å². The SMILES string of the molecule is COc1c(-c2ccccc2)oc2c(cc(O[C@@H]3O[C@H](CO)[C@H](O)[C@H](O)[C@H]3O)c3occc32)c1=O. The highest BCUT2D eigenvalue weighted by Gasteiger charge is 2.45. The molecule has 2 aromatic heterocycles. The summed E-state index contributed by atoms with van der Waals surface area (Å²) in [6, 6.07) is 12.0. The summed E-state index contributed by atoms with van der Waals surface area (Å²) < 4.78 is 28.3. The second-order valence-electron chi connectivity index (χ2n) is 7.89. The van der Waals surface area contributed by atoms with Crippen LogP contribution in [0.3, 0.4) is 0 Å². The molecule has 1 aliphatic rings. The zero-order chi connectivity index (χ0) is 24.0. The first-order valence-electron chi connectivity index (χ1n) is 10.5. The van der Waals surface area contributed by atoms with Crippen molar-refractivity contribution < 1.29 is 43.5 Å². The molecule has 2 aromatic carbocycles. The van der Waals surface area contributed by atoms with Gasteiger partial charge in [-0.1, -0.05) is 30.3 Å². The standard InChI is InChI=1S/C24H22O10/c1-30-23-16(26)13-9-14(32-24-19(29)18(28)17(27)15(10-25)33-24)22-12(7-8-31-22)21(13)34-20(23)11-5-3-2-4-6-11/h2-9,15,17-19,24-25,27-29H,10H2,1H3/t15-,17+,18+,19-,24-/m1/s1. The van der Waals surface area contributed by atoms with Crippen LogP contribution in [-0.2, 0) is 4.74 Å². The third kappa shape index (κ3) is 3.52. The normalized spacial score (nSPS) is 25.0. The van der Waals surface area contributed by atoms with Crippen LogP contribution < -0.4 is 14.9 Å². The minimum absolute atomic E-state index is 0.000310. The van der Waals surface area contributed by atoms with Crippen LogP contribution in [0.4, 0.5) is 0 Å². The van der Waals surface area contributed by atoms with Gasteiger partial charge in [-0.2, -0.15) is 0 Å². The topological polar surface area (TPSA) is 152 Å². The molecular weight excluding hydrogens is 448 g/mol. The van der Waals surface area contributed by atoms with E-state index in [0.717, 1.165) is 0 Å². The van der Waals surface area contributed by atoms with E-state index in [1.165, 1.54) is 19.4 Å². The van der Waals surface area contributed by atoms with Crippen LogP contribution in [0.25, 0.3) is 33.3 Å². The number of fused-ring (bicyclic) bond motifs is 3. The summed E-state index contributed by atoms with van der Waals surface area (Å²) in [4.78, 5) is 13.4. The van der Waals surface area contributed by atoms with E-state index in [2.05, 4.69) is 0 Å². The predicted molar refractivity (Wildman–Crippen MR) is 119 cm³/mol. The number of aliphatic hydroxyl groups excluding tert-OH is 4. The lowest BCUT2D eigenvalue weighted by atomic mass is 9.99. The van der Waals surface area contributed by atoms with E-state index in [0.29, 0.717) is 10.9 Å². The zero-order valence-electron chi connectivity index (χ0n) is 18.0. The van der Waals surface area contributed by atoms with Crippen LogP contribution in [0.2, 0.25) is 0 Å². The number of hydrogen-bond acceptors (Lipinski definition) is 10. The van der Waals surface area contributed by atoms with Gasteiger partial charge in [0.15, 0.2) is 17.1 Å². The fourth-order valence-corrected chi connectivity index (χ4v) is 4.08. The number of benzene rings is 2. The molecule has 0 spiro atoms. The lowest BCUT2D eigenvalue weighted by Gasteiger charge is -2.39. The van der Waals surface area contributed by atoms with Crippen molar-refractivity contribution in [3.05, 3.63) is 59.0 Å². The maximum atomic E-state index is 13.4. The highest BCUT2D eigenvalue weighted by Crippen LogP contribution is 2.39. The van der Waals surface area contributed by atoms with Gasteiger partial charge in [0.1, 0.15) is 30.0 Å². The van der Waals surface area contributed by atoms with Gasteiger partial charge in [-0.25, -0.2) is 0 Å². The third-order valence-corrected chi connectivity index (χ3v) is 5.85. The summed E-state index contributed by atoms with van der Waals surface area (Å²) in [5.74, 6) is 0.282. The van der Waals surface area contributed by atoms with Gasteiger partial charge >= 0.3 is 0 Å². The number of furan rings is 1. The first kappa shape index (κ1) is 22.4. The minimum atomic E-state index is -1.63. The highest BCUT2D eigenvalue weighted by molar-refractivity contribution is 6.05. The van der Waals surface area contributed by atoms with Crippen LogP contribution in [-0.4, -0.2) is 64.8 Å². The van der Waals surface area contributed by atoms with Crippen molar-refractivity contribution in [2.24, 2.45) is 0 Å². The Balaban J connectivity index is 1.66. The smallest absolute Gasteiger partial charge is 0.235 e. The minimum Gasteiger partial charge on any atom is -0.490 e. The summed E-state index contributed by atoms with van der Waals surface area (Å²) in [6.45, 7) is -0.609. The Hall–Kier alpha value is -3.41. The van der Waals surface area contributed by atoms with Crippen molar-refractivity contribution in [3.63, 3.8) is 0 Å². The van der Waals surface area contributed by atoms with E-state index in [1.54, 1.807) is 18.2 Å². The molecule has 5 rings (SSSR count). The molecule has 1 saturated heterocycles. The largest absolute Gasteiger partial charge is 0.490 e. The molecule has 0 bridgehead atoms. The molecule has 4 aromatic rings. The molecule has 5 atom stereocenters. The summed E-state index contributed by atoms with van der Waals surface area (Å²) in [5.41, 5.74) is 0.646. The zero-order valence-corrected chi connectivity index (χ0v) is 18.0. The fourth-order valence-electron chi connectivity index (χ4n) is 4.08. The average Bonchev–Trinajstić information content (AvgIpc) is 3.36. The maximum Gasteiger partial charge on any atom is 0.235 e. The highest BCUT2D eigenvalue weighted by atomic mass is 16.7. The van der Waals surface area contributed by atoms with Crippen LogP contribution >= 0.6 is 0 Å². The second-order valence-corrected chi connectivity index (χ2v) is 7.89. The van der Waals surface area contributed by atoms with Crippen molar-refractivity contribution in [2.45, 2.75) is 30.7 Å². The lowest BCUT2D eigenvalue weighted by molar-refractivity contribution is -0.277. The van der Waals surface area contributed by atoms with Crippen LogP contribution in [0.5, 0.6) is 11.5 Å². The third-order valence-electron chi connectivity index (χ3n) is 5.85.